The van der Waals surface area contributed by atoms with Gasteiger partial charge in [-0.15, -0.1) is 0 Å². The number of fused-ring (bicyclic) bond motifs is 1. The summed E-state index contributed by atoms with van der Waals surface area (Å²) in [4.78, 5) is 12.3. The molecule has 0 saturated heterocycles. The number of hydrogen-bond acceptors (Lipinski definition) is 5. The number of para-hydroxylation sites is 1. The zero-order valence-electron chi connectivity index (χ0n) is 14.9. The number of benzene rings is 1. The third-order valence-corrected chi connectivity index (χ3v) is 4.33. The molecule has 132 valence electrons. The van der Waals surface area contributed by atoms with E-state index in [0.717, 1.165) is 22.4 Å². The minimum atomic E-state index is -0.228. The number of hydrogen-bond donors (Lipinski definition) is 1. The van der Waals surface area contributed by atoms with Crippen LogP contribution in [0.25, 0.3) is 11.0 Å². The van der Waals surface area contributed by atoms with E-state index in [-0.39, 0.29) is 11.9 Å². The van der Waals surface area contributed by atoms with Gasteiger partial charge in [-0.2, -0.15) is 0 Å². The van der Waals surface area contributed by atoms with Crippen LogP contribution in [0.15, 0.2) is 33.2 Å². The summed E-state index contributed by atoms with van der Waals surface area (Å²) in [7, 11) is 1.61. The Balaban J connectivity index is 1.65. The Kier molecular flexibility index (Phi) is 4.79. The standard InChI is InChI=1S/C19H22N2O4/c1-11-15(13(3)25-21-11)8-9-18(22)20-12(2)17-10-14-6-5-7-16(23-4)19(14)24-17/h5-7,10,12H,8-9H2,1-4H3,(H,20,22)/t12-/m1/s1. The molecule has 1 N–H and O–H groups in total. The molecule has 3 rings (SSSR count). The highest BCUT2D eigenvalue weighted by molar-refractivity contribution is 5.84. The summed E-state index contributed by atoms with van der Waals surface area (Å²) in [6, 6.07) is 7.42. The van der Waals surface area contributed by atoms with Gasteiger partial charge >= 0.3 is 0 Å². The fourth-order valence-electron chi connectivity index (χ4n) is 2.91. The molecule has 0 saturated carbocycles. The third kappa shape index (κ3) is 3.52. The Morgan fingerprint density at radius 1 is 1.36 bits per heavy atom. The summed E-state index contributed by atoms with van der Waals surface area (Å²) in [6.07, 6.45) is 0.977. The third-order valence-electron chi connectivity index (χ3n) is 4.33. The molecule has 0 fully saturated rings. The Morgan fingerprint density at radius 3 is 2.84 bits per heavy atom. The van der Waals surface area contributed by atoms with E-state index >= 15 is 0 Å². The minimum absolute atomic E-state index is 0.0417. The molecule has 6 nitrogen and oxygen atoms in total. The van der Waals surface area contributed by atoms with Crippen LogP contribution in [-0.4, -0.2) is 18.2 Å². The van der Waals surface area contributed by atoms with Crippen LogP contribution in [0.3, 0.4) is 0 Å². The lowest BCUT2D eigenvalue weighted by molar-refractivity contribution is -0.121. The summed E-state index contributed by atoms with van der Waals surface area (Å²) in [5.41, 5.74) is 2.52. The molecular formula is C19H22N2O4. The summed E-state index contributed by atoms with van der Waals surface area (Å²) < 4.78 is 16.3. The van der Waals surface area contributed by atoms with E-state index in [1.165, 1.54) is 0 Å². The predicted molar refractivity (Wildman–Crippen MR) is 93.6 cm³/mol. The highest BCUT2D eigenvalue weighted by Gasteiger charge is 2.17. The summed E-state index contributed by atoms with van der Waals surface area (Å²) in [5, 5.41) is 7.83. The SMILES string of the molecule is COc1cccc2cc([C@@H](C)NC(=O)CCc3c(C)noc3C)oc12. The van der Waals surface area contributed by atoms with Crippen molar-refractivity contribution in [1.29, 1.82) is 0 Å². The van der Waals surface area contributed by atoms with Crippen molar-refractivity contribution < 1.29 is 18.5 Å². The number of methoxy groups -OCH3 is 1. The Hall–Kier alpha value is -2.76. The summed E-state index contributed by atoms with van der Waals surface area (Å²) in [6.45, 7) is 5.64. The molecule has 0 aliphatic carbocycles. The molecule has 0 unspecified atom stereocenters. The second-order valence-corrected chi connectivity index (χ2v) is 6.12. The van der Waals surface area contributed by atoms with Gasteiger partial charge in [0.2, 0.25) is 5.91 Å². The first kappa shape index (κ1) is 17.1. The van der Waals surface area contributed by atoms with Gasteiger partial charge in [-0.3, -0.25) is 4.79 Å². The molecule has 0 aliphatic heterocycles. The highest BCUT2D eigenvalue weighted by atomic mass is 16.5. The Bertz CT molecular complexity index is 875. The smallest absolute Gasteiger partial charge is 0.220 e. The van der Waals surface area contributed by atoms with Crippen LogP contribution in [0.5, 0.6) is 5.75 Å². The molecule has 3 aromatic rings. The first-order valence-corrected chi connectivity index (χ1v) is 8.27. The van der Waals surface area contributed by atoms with Gasteiger partial charge in [0.05, 0.1) is 18.8 Å². The molecule has 2 aromatic heterocycles. The number of carbonyl (C=O) groups excluding carboxylic acids is 1. The molecule has 1 atom stereocenters. The molecular weight excluding hydrogens is 320 g/mol. The second-order valence-electron chi connectivity index (χ2n) is 6.12. The minimum Gasteiger partial charge on any atom is -0.493 e. The van der Waals surface area contributed by atoms with Gasteiger partial charge in [0.1, 0.15) is 11.5 Å². The zero-order valence-corrected chi connectivity index (χ0v) is 14.9. The first-order chi connectivity index (χ1) is 12.0. The van der Waals surface area contributed by atoms with Crippen molar-refractivity contribution in [2.45, 2.75) is 39.7 Å². The highest BCUT2D eigenvalue weighted by Crippen LogP contribution is 2.30. The second kappa shape index (κ2) is 7.01. The molecule has 25 heavy (non-hydrogen) atoms. The van der Waals surface area contributed by atoms with Gasteiger partial charge in [-0.05, 0) is 39.3 Å². The lowest BCUT2D eigenvalue weighted by Crippen LogP contribution is -2.26. The number of rotatable bonds is 6. The zero-order chi connectivity index (χ0) is 18.0. The lowest BCUT2D eigenvalue weighted by Gasteiger charge is -2.11. The average molecular weight is 342 g/mol. The van der Waals surface area contributed by atoms with Crippen LogP contribution in [0, 0.1) is 13.8 Å². The molecule has 1 amide bonds. The summed E-state index contributed by atoms with van der Waals surface area (Å²) in [5.74, 6) is 2.11. The fraction of sp³-hybridized carbons (Fsp3) is 0.368. The van der Waals surface area contributed by atoms with Crippen LogP contribution >= 0.6 is 0 Å². The van der Waals surface area contributed by atoms with Gasteiger partial charge in [0.15, 0.2) is 11.3 Å². The normalized spacial score (nSPS) is 12.3. The van der Waals surface area contributed by atoms with Crippen LogP contribution in [0.2, 0.25) is 0 Å². The fourth-order valence-corrected chi connectivity index (χ4v) is 2.91. The molecule has 0 bridgehead atoms. The lowest BCUT2D eigenvalue weighted by atomic mass is 10.1. The van der Waals surface area contributed by atoms with Gasteiger partial charge in [-0.1, -0.05) is 17.3 Å². The van der Waals surface area contributed by atoms with Crippen LogP contribution < -0.4 is 10.1 Å². The summed E-state index contributed by atoms with van der Waals surface area (Å²) >= 11 is 0. The van der Waals surface area contributed by atoms with E-state index in [0.29, 0.717) is 29.9 Å². The maximum atomic E-state index is 12.3. The maximum absolute atomic E-state index is 12.3. The van der Waals surface area contributed by atoms with Crippen molar-refractivity contribution in [3.63, 3.8) is 0 Å². The average Bonchev–Trinajstić information content (AvgIpc) is 3.16. The maximum Gasteiger partial charge on any atom is 0.220 e. The number of aryl methyl sites for hydroxylation is 2. The van der Waals surface area contributed by atoms with Gasteiger partial charge in [-0.25, -0.2) is 0 Å². The first-order valence-electron chi connectivity index (χ1n) is 8.27. The number of amides is 1. The molecule has 0 radical (unpaired) electrons. The van der Waals surface area contributed by atoms with Crippen molar-refractivity contribution in [3.05, 3.63) is 47.0 Å². The van der Waals surface area contributed by atoms with E-state index in [2.05, 4.69) is 10.5 Å². The van der Waals surface area contributed by atoms with E-state index < -0.39 is 0 Å². The molecule has 6 heteroatoms. The van der Waals surface area contributed by atoms with Crippen LogP contribution in [-0.2, 0) is 11.2 Å². The van der Waals surface area contributed by atoms with Gasteiger partial charge in [0, 0.05) is 17.4 Å². The number of furan rings is 1. The van der Waals surface area contributed by atoms with Gasteiger partial charge in [0.25, 0.3) is 0 Å². The van der Waals surface area contributed by atoms with Crippen LogP contribution in [0.4, 0.5) is 0 Å². The van der Waals surface area contributed by atoms with E-state index in [4.69, 9.17) is 13.7 Å². The Morgan fingerprint density at radius 2 is 2.16 bits per heavy atom. The number of aromatic nitrogens is 1. The quantitative estimate of drug-likeness (QED) is 0.736. The van der Waals surface area contributed by atoms with Crippen molar-refractivity contribution in [2.24, 2.45) is 0 Å². The topological polar surface area (TPSA) is 77.5 Å². The number of nitrogens with one attached hydrogen (secondary N) is 1. The predicted octanol–water partition coefficient (Wildman–Crippen LogP) is 3.86. The van der Waals surface area contributed by atoms with E-state index in [9.17, 15) is 4.79 Å². The van der Waals surface area contributed by atoms with Crippen molar-refractivity contribution >= 4 is 16.9 Å². The Labute approximate surface area is 146 Å². The van der Waals surface area contributed by atoms with Gasteiger partial charge < -0.3 is 19.0 Å². The monoisotopic (exact) mass is 342 g/mol. The van der Waals surface area contributed by atoms with Crippen LogP contribution in [0.1, 0.15) is 42.2 Å². The largest absolute Gasteiger partial charge is 0.493 e. The number of ether oxygens (including phenoxy) is 1. The molecule has 0 spiro atoms. The number of nitrogens with zero attached hydrogens (tertiary/aromatic N) is 1. The number of carbonyl (C=O) groups is 1. The van der Waals surface area contributed by atoms with Crippen molar-refractivity contribution in [2.75, 3.05) is 7.11 Å². The molecule has 2 heterocycles. The molecule has 1 aromatic carbocycles. The van der Waals surface area contributed by atoms with Crippen molar-refractivity contribution in [3.8, 4) is 5.75 Å². The van der Waals surface area contributed by atoms with E-state index in [1.807, 2.05) is 45.0 Å². The molecule has 0 aliphatic rings. The van der Waals surface area contributed by atoms with Crippen molar-refractivity contribution in [1.82, 2.24) is 10.5 Å². The van der Waals surface area contributed by atoms with E-state index in [1.54, 1.807) is 7.11 Å².